The zero-order valence-electron chi connectivity index (χ0n) is 11.5. The summed E-state index contributed by atoms with van der Waals surface area (Å²) in [5.74, 6) is 2.29. The lowest BCUT2D eigenvalue weighted by Crippen LogP contribution is -2.29. The van der Waals surface area contributed by atoms with E-state index in [4.69, 9.17) is 0 Å². The molecule has 2 unspecified atom stereocenters. The van der Waals surface area contributed by atoms with Crippen molar-refractivity contribution >= 4 is 27.7 Å². The van der Waals surface area contributed by atoms with Gasteiger partial charge >= 0.3 is 0 Å². The summed E-state index contributed by atoms with van der Waals surface area (Å²) in [5.41, 5.74) is 4.27. The molecule has 0 fully saturated rings. The van der Waals surface area contributed by atoms with Crippen molar-refractivity contribution in [1.29, 1.82) is 0 Å². The van der Waals surface area contributed by atoms with E-state index < -0.39 is 0 Å². The number of benzene rings is 2. The molecule has 104 valence electrons. The van der Waals surface area contributed by atoms with Crippen LogP contribution in [0.3, 0.4) is 0 Å². The summed E-state index contributed by atoms with van der Waals surface area (Å²) in [6.07, 6.45) is 0. The lowest BCUT2D eigenvalue weighted by molar-refractivity contribution is 0.495. The number of hydrogen-bond donors (Lipinski definition) is 1. The fraction of sp³-hybridized carbons (Fsp3) is 0.294. The average molecular weight is 348 g/mol. The standard InChI is InChI=1S/C17H18BrNS/c1-12(13-6-4-7-15(18)9-13)19-17-11-20-10-14-5-2-3-8-16(14)17/h2-9,12,17,19H,10-11H2,1H3. The van der Waals surface area contributed by atoms with Gasteiger partial charge in [-0.05, 0) is 35.7 Å². The maximum atomic E-state index is 3.78. The Kier molecular flexibility index (Phi) is 4.49. The molecule has 0 saturated carbocycles. The summed E-state index contributed by atoms with van der Waals surface area (Å²) in [7, 11) is 0. The number of hydrogen-bond acceptors (Lipinski definition) is 2. The Balaban J connectivity index is 1.79. The molecule has 0 aromatic heterocycles. The molecule has 0 bridgehead atoms. The van der Waals surface area contributed by atoms with Crippen LogP contribution in [0.2, 0.25) is 0 Å². The van der Waals surface area contributed by atoms with Gasteiger partial charge in [0.2, 0.25) is 0 Å². The molecule has 1 aliphatic rings. The van der Waals surface area contributed by atoms with Gasteiger partial charge in [-0.1, -0.05) is 52.3 Å². The third-order valence-corrected chi connectivity index (χ3v) is 5.35. The van der Waals surface area contributed by atoms with Crippen LogP contribution >= 0.6 is 27.7 Å². The van der Waals surface area contributed by atoms with Gasteiger partial charge in [-0.25, -0.2) is 0 Å². The van der Waals surface area contributed by atoms with Crippen LogP contribution in [-0.2, 0) is 5.75 Å². The van der Waals surface area contributed by atoms with Gasteiger partial charge in [0.25, 0.3) is 0 Å². The number of fused-ring (bicyclic) bond motifs is 1. The van der Waals surface area contributed by atoms with Gasteiger partial charge in [-0.2, -0.15) is 11.8 Å². The summed E-state index contributed by atoms with van der Waals surface area (Å²) < 4.78 is 1.14. The highest BCUT2D eigenvalue weighted by Crippen LogP contribution is 2.33. The minimum Gasteiger partial charge on any atom is -0.303 e. The molecular weight excluding hydrogens is 330 g/mol. The van der Waals surface area contributed by atoms with Gasteiger partial charge in [0.1, 0.15) is 0 Å². The van der Waals surface area contributed by atoms with Crippen molar-refractivity contribution in [3.63, 3.8) is 0 Å². The summed E-state index contributed by atoms with van der Waals surface area (Å²) in [5, 5.41) is 3.78. The quantitative estimate of drug-likeness (QED) is 0.829. The zero-order chi connectivity index (χ0) is 13.9. The monoisotopic (exact) mass is 347 g/mol. The van der Waals surface area contributed by atoms with Gasteiger partial charge in [-0.3, -0.25) is 0 Å². The van der Waals surface area contributed by atoms with Crippen LogP contribution in [0, 0.1) is 0 Å². The van der Waals surface area contributed by atoms with Crippen LogP contribution in [0.4, 0.5) is 0 Å². The van der Waals surface area contributed by atoms with E-state index in [1.807, 2.05) is 11.8 Å². The van der Waals surface area contributed by atoms with E-state index >= 15 is 0 Å². The Hall–Kier alpha value is -0.770. The van der Waals surface area contributed by atoms with E-state index in [0.29, 0.717) is 12.1 Å². The molecule has 0 amide bonds. The van der Waals surface area contributed by atoms with Crippen LogP contribution in [0.1, 0.15) is 35.7 Å². The van der Waals surface area contributed by atoms with Crippen molar-refractivity contribution in [3.8, 4) is 0 Å². The molecule has 2 atom stereocenters. The Morgan fingerprint density at radius 1 is 1.20 bits per heavy atom. The molecule has 1 aliphatic heterocycles. The second-order valence-electron chi connectivity index (χ2n) is 5.21. The van der Waals surface area contributed by atoms with Crippen LogP contribution in [0.25, 0.3) is 0 Å². The van der Waals surface area contributed by atoms with Gasteiger partial charge in [-0.15, -0.1) is 0 Å². The molecule has 3 heteroatoms. The molecular formula is C17H18BrNS. The zero-order valence-corrected chi connectivity index (χ0v) is 13.9. The largest absolute Gasteiger partial charge is 0.303 e. The van der Waals surface area contributed by atoms with Crippen LogP contribution in [0.15, 0.2) is 53.0 Å². The lowest BCUT2D eigenvalue weighted by atomic mass is 10.00. The van der Waals surface area contributed by atoms with Gasteiger partial charge in [0.05, 0.1) is 0 Å². The molecule has 0 radical (unpaired) electrons. The topological polar surface area (TPSA) is 12.0 Å². The SMILES string of the molecule is CC(NC1CSCc2ccccc21)c1cccc(Br)c1. The fourth-order valence-electron chi connectivity index (χ4n) is 2.69. The van der Waals surface area contributed by atoms with E-state index in [1.54, 1.807) is 0 Å². The van der Waals surface area contributed by atoms with E-state index in [1.165, 1.54) is 16.7 Å². The van der Waals surface area contributed by atoms with E-state index in [2.05, 4.69) is 76.7 Å². The Labute approximate surface area is 133 Å². The van der Waals surface area contributed by atoms with Crippen molar-refractivity contribution in [3.05, 3.63) is 69.7 Å². The first-order valence-electron chi connectivity index (χ1n) is 6.91. The number of thioether (sulfide) groups is 1. The van der Waals surface area contributed by atoms with Gasteiger partial charge < -0.3 is 5.32 Å². The van der Waals surface area contributed by atoms with Gasteiger partial charge in [0, 0.05) is 28.1 Å². The number of halogens is 1. The highest BCUT2D eigenvalue weighted by atomic mass is 79.9. The van der Waals surface area contributed by atoms with Crippen LogP contribution in [-0.4, -0.2) is 5.75 Å². The fourth-order valence-corrected chi connectivity index (χ4v) is 4.22. The van der Waals surface area contributed by atoms with Crippen molar-refractivity contribution in [2.75, 3.05) is 5.75 Å². The molecule has 1 heterocycles. The third kappa shape index (κ3) is 3.11. The molecule has 0 aliphatic carbocycles. The minimum atomic E-state index is 0.351. The van der Waals surface area contributed by atoms with E-state index in [9.17, 15) is 0 Å². The molecule has 1 N–H and O–H groups in total. The van der Waals surface area contributed by atoms with Crippen molar-refractivity contribution < 1.29 is 0 Å². The van der Waals surface area contributed by atoms with E-state index in [-0.39, 0.29) is 0 Å². The molecule has 20 heavy (non-hydrogen) atoms. The molecule has 1 nitrogen and oxygen atoms in total. The average Bonchev–Trinajstić information content (AvgIpc) is 2.47. The predicted octanol–water partition coefficient (Wildman–Crippen LogP) is 5.09. The Bertz CT molecular complexity index is 599. The van der Waals surface area contributed by atoms with Crippen molar-refractivity contribution in [1.82, 2.24) is 5.32 Å². The van der Waals surface area contributed by atoms with Crippen LogP contribution in [0.5, 0.6) is 0 Å². The maximum Gasteiger partial charge on any atom is 0.0419 e. The van der Waals surface area contributed by atoms with Crippen molar-refractivity contribution in [2.24, 2.45) is 0 Å². The summed E-state index contributed by atoms with van der Waals surface area (Å²) in [6.45, 7) is 2.24. The molecule has 0 spiro atoms. The third-order valence-electron chi connectivity index (χ3n) is 3.77. The molecule has 2 aromatic carbocycles. The highest BCUT2D eigenvalue weighted by molar-refractivity contribution is 9.10. The molecule has 0 saturated heterocycles. The highest BCUT2D eigenvalue weighted by Gasteiger charge is 2.21. The molecule has 2 aromatic rings. The Morgan fingerprint density at radius 3 is 2.90 bits per heavy atom. The van der Waals surface area contributed by atoms with E-state index in [0.717, 1.165) is 16.0 Å². The second-order valence-corrected chi connectivity index (χ2v) is 7.16. The van der Waals surface area contributed by atoms with Gasteiger partial charge in [0.15, 0.2) is 0 Å². The normalized spacial score (nSPS) is 19.4. The number of nitrogens with one attached hydrogen (secondary N) is 1. The van der Waals surface area contributed by atoms with Crippen LogP contribution < -0.4 is 5.32 Å². The second kappa shape index (κ2) is 6.33. The lowest BCUT2D eigenvalue weighted by Gasteiger charge is -2.29. The summed E-state index contributed by atoms with van der Waals surface area (Å²) in [4.78, 5) is 0. The summed E-state index contributed by atoms with van der Waals surface area (Å²) >= 11 is 5.56. The number of rotatable bonds is 3. The Morgan fingerprint density at radius 2 is 2.05 bits per heavy atom. The summed E-state index contributed by atoms with van der Waals surface area (Å²) in [6, 6.07) is 18.1. The van der Waals surface area contributed by atoms with Crippen molar-refractivity contribution in [2.45, 2.75) is 24.8 Å². The minimum absolute atomic E-state index is 0.351. The first-order valence-corrected chi connectivity index (χ1v) is 8.86. The molecule has 3 rings (SSSR count). The smallest absolute Gasteiger partial charge is 0.0419 e. The predicted molar refractivity (Wildman–Crippen MR) is 91.0 cm³/mol. The first-order chi connectivity index (χ1) is 9.74. The maximum absolute atomic E-state index is 3.78. The first kappa shape index (κ1) is 14.2.